The number of fused-ring (bicyclic) bond motifs is 1. The van der Waals surface area contributed by atoms with Crippen molar-refractivity contribution < 1.29 is 9.13 Å². The van der Waals surface area contributed by atoms with Gasteiger partial charge in [0, 0.05) is 6.42 Å². The van der Waals surface area contributed by atoms with Crippen molar-refractivity contribution in [3.63, 3.8) is 0 Å². The Hall–Kier alpha value is -1.39. The maximum Gasteiger partial charge on any atom is 0.137 e. The molecular weight excluding hydrogens is 321 g/mol. The molecule has 1 aliphatic heterocycles. The summed E-state index contributed by atoms with van der Waals surface area (Å²) in [7, 11) is 0. The maximum atomic E-state index is 13.6. The molecule has 0 bridgehead atoms. The highest BCUT2D eigenvalue weighted by molar-refractivity contribution is 9.10. The third kappa shape index (κ3) is 2.45. The van der Waals surface area contributed by atoms with Crippen LogP contribution in [0, 0.1) is 5.82 Å². The highest BCUT2D eigenvalue weighted by atomic mass is 79.9. The Bertz CT molecular complexity index is 659. The van der Waals surface area contributed by atoms with Crippen LogP contribution in [0.2, 0.25) is 0 Å². The van der Waals surface area contributed by atoms with E-state index in [0.29, 0.717) is 4.47 Å². The summed E-state index contributed by atoms with van der Waals surface area (Å²) in [4.78, 5) is 0. The van der Waals surface area contributed by atoms with Crippen LogP contribution < -0.4 is 10.5 Å². The Morgan fingerprint density at radius 1 is 1.25 bits per heavy atom. The molecule has 104 valence electrons. The fourth-order valence-electron chi connectivity index (χ4n) is 2.53. The standard InChI is InChI=1S/C16H15BrFNO/c1-9-6-12-7-10(3-5-15(12)20-9)16(19)11-2-4-13(17)14(18)8-11/h2-5,7-9,16H,6,19H2,1H3. The molecular formula is C16H15BrFNO. The Morgan fingerprint density at radius 2 is 1.95 bits per heavy atom. The Morgan fingerprint density at radius 3 is 2.70 bits per heavy atom. The van der Waals surface area contributed by atoms with Crippen molar-refractivity contribution in [3.8, 4) is 5.75 Å². The SMILES string of the molecule is CC1Cc2cc(C(N)c3ccc(Br)c(F)c3)ccc2O1. The minimum atomic E-state index is -0.334. The molecule has 0 saturated heterocycles. The lowest BCUT2D eigenvalue weighted by molar-refractivity contribution is 0.254. The second-order valence-corrected chi connectivity index (χ2v) is 6.01. The topological polar surface area (TPSA) is 35.2 Å². The van der Waals surface area contributed by atoms with E-state index >= 15 is 0 Å². The Balaban J connectivity index is 1.93. The molecule has 2 aromatic rings. The van der Waals surface area contributed by atoms with Crippen molar-refractivity contribution in [2.75, 3.05) is 0 Å². The first kappa shape index (κ1) is 13.6. The summed E-state index contributed by atoms with van der Waals surface area (Å²) in [6, 6.07) is 10.6. The lowest BCUT2D eigenvalue weighted by atomic mass is 9.97. The van der Waals surface area contributed by atoms with Crippen LogP contribution in [0.5, 0.6) is 5.75 Å². The monoisotopic (exact) mass is 335 g/mol. The van der Waals surface area contributed by atoms with Gasteiger partial charge < -0.3 is 10.5 Å². The molecule has 1 heterocycles. The second-order valence-electron chi connectivity index (χ2n) is 5.15. The lowest BCUT2D eigenvalue weighted by Crippen LogP contribution is -2.12. The van der Waals surface area contributed by atoms with Crippen molar-refractivity contribution in [1.82, 2.24) is 0 Å². The van der Waals surface area contributed by atoms with Crippen LogP contribution in [-0.2, 0) is 6.42 Å². The number of rotatable bonds is 2. The first-order valence-electron chi connectivity index (χ1n) is 6.54. The van der Waals surface area contributed by atoms with Crippen LogP contribution in [0.1, 0.15) is 29.7 Å². The predicted octanol–water partition coefficient (Wildman–Crippen LogP) is 3.96. The minimum absolute atomic E-state index is 0.210. The average molecular weight is 336 g/mol. The summed E-state index contributed by atoms with van der Waals surface area (Å²) in [5, 5.41) is 0. The summed E-state index contributed by atoms with van der Waals surface area (Å²) in [6.07, 6.45) is 1.10. The third-order valence-electron chi connectivity index (χ3n) is 3.58. The quantitative estimate of drug-likeness (QED) is 0.901. The van der Waals surface area contributed by atoms with Crippen LogP contribution in [0.25, 0.3) is 0 Å². The van der Waals surface area contributed by atoms with E-state index in [-0.39, 0.29) is 18.0 Å². The normalized spacial score (nSPS) is 18.5. The van der Waals surface area contributed by atoms with Gasteiger partial charge in [-0.25, -0.2) is 4.39 Å². The van der Waals surface area contributed by atoms with Gasteiger partial charge in [-0.3, -0.25) is 0 Å². The van der Waals surface area contributed by atoms with Gasteiger partial charge in [0.1, 0.15) is 17.7 Å². The summed E-state index contributed by atoms with van der Waals surface area (Å²) in [6.45, 7) is 2.05. The molecule has 0 aromatic heterocycles. The number of ether oxygens (including phenoxy) is 1. The first-order chi connectivity index (χ1) is 9.54. The number of halogens is 2. The molecule has 0 spiro atoms. The van der Waals surface area contributed by atoms with Gasteiger partial charge >= 0.3 is 0 Å². The third-order valence-corrected chi connectivity index (χ3v) is 4.23. The highest BCUT2D eigenvalue weighted by Gasteiger charge is 2.20. The molecule has 0 aliphatic carbocycles. The van der Waals surface area contributed by atoms with E-state index in [4.69, 9.17) is 10.5 Å². The van der Waals surface area contributed by atoms with E-state index in [9.17, 15) is 4.39 Å². The number of benzene rings is 2. The lowest BCUT2D eigenvalue weighted by Gasteiger charge is -2.14. The zero-order valence-electron chi connectivity index (χ0n) is 11.1. The van der Waals surface area contributed by atoms with Crippen LogP contribution >= 0.6 is 15.9 Å². The summed E-state index contributed by atoms with van der Waals surface area (Å²) in [5.41, 5.74) is 9.15. The van der Waals surface area contributed by atoms with Gasteiger partial charge in [0.15, 0.2) is 0 Å². The molecule has 0 fully saturated rings. The van der Waals surface area contributed by atoms with Gasteiger partial charge in [-0.15, -0.1) is 0 Å². The van der Waals surface area contributed by atoms with E-state index in [1.165, 1.54) is 11.6 Å². The van der Waals surface area contributed by atoms with E-state index < -0.39 is 0 Å². The maximum absolute atomic E-state index is 13.6. The Kier molecular flexibility index (Phi) is 3.52. The van der Waals surface area contributed by atoms with Gasteiger partial charge in [0.2, 0.25) is 0 Å². The number of hydrogen-bond acceptors (Lipinski definition) is 2. The molecule has 2 N–H and O–H groups in total. The molecule has 0 amide bonds. The molecule has 3 rings (SSSR count). The van der Waals surface area contributed by atoms with Gasteiger partial charge in [-0.1, -0.05) is 18.2 Å². The van der Waals surface area contributed by atoms with Gasteiger partial charge in [0.05, 0.1) is 10.5 Å². The summed E-state index contributed by atoms with van der Waals surface area (Å²) >= 11 is 3.15. The molecule has 2 aromatic carbocycles. The minimum Gasteiger partial charge on any atom is -0.490 e. The fraction of sp³-hybridized carbons (Fsp3) is 0.250. The highest BCUT2D eigenvalue weighted by Crippen LogP contribution is 2.32. The van der Waals surface area contributed by atoms with Gasteiger partial charge in [0.25, 0.3) is 0 Å². The smallest absolute Gasteiger partial charge is 0.137 e. The van der Waals surface area contributed by atoms with Crippen molar-refractivity contribution in [2.45, 2.75) is 25.5 Å². The van der Waals surface area contributed by atoms with Crippen molar-refractivity contribution >= 4 is 15.9 Å². The molecule has 4 heteroatoms. The van der Waals surface area contributed by atoms with Crippen LogP contribution in [0.15, 0.2) is 40.9 Å². The molecule has 1 aliphatic rings. The Labute approximate surface area is 125 Å². The van der Waals surface area contributed by atoms with Crippen LogP contribution in [0.4, 0.5) is 4.39 Å². The zero-order chi connectivity index (χ0) is 14.3. The van der Waals surface area contributed by atoms with Crippen LogP contribution in [-0.4, -0.2) is 6.10 Å². The van der Waals surface area contributed by atoms with E-state index in [1.54, 1.807) is 6.07 Å². The van der Waals surface area contributed by atoms with Crippen molar-refractivity contribution in [1.29, 1.82) is 0 Å². The zero-order valence-corrected chi connectivity index (χ0v) is 12.7. The second kappa shape index (κ2) is 5.19. The predicted molar refractivity (Wildman–Crippen MR) is 80.4 cm³/mol. The van der Waals surface area contributed by atoms with Gasteiger partial charge in [-0.05, 0) is 57.7 Å². The fourth-order valence-corrected chi connectivity index (χ4v) is 2.78. The summed E-state index contributed by atoms with van der Waals surface area (Å²) in [5.74, 6) is 0.631. The molecule has 2 nitrogen and oxygen atoms in total. The average Bonchev–Trinajstić information content (AvgIpc) is 2.80. The first-order valence-corrected chi connectivity index (χ1v) is 7.34. The van der Waals surface area contributed by atoms with Gasteiger partial charge in [-0.2, -0.15) is 0 Å². The molecule has 0 saturated carbocycles. The summed E-state index contributed by atoms with van der Waals surface area (Å²) < 4.78 is 19.7. The van der Waals surface area contributed by atoms with Crippen molar-refractivity contribution in [2.24, 2.45) is 5.73 Å². The van der Waals surface area contributed by atoms with E-state index in [2.05, 4.69) is 22.0 Å². The molecule has 0 radical (unpaired) electrons. The largest absolute Gasteiger partial charge is 0.490 e. The number of nitrogens with two attached hydrogens (primary N) is 1. The van der Waals surface area contributed by atoms with Crippen LogP contribution in [0.3, 0.4) is 0 Å². The number of hydrogen-bond donors (Lipinski definition) is 1. The van der Waals surface area contributed by atoms with Crippen molar-refractivity contribution in [3.05, 3.63) is 63.4 Å². The van der Waals surface area contributed by atoms with E-state index in [0.717, 1.165) is 23.3 Å². The molecule has 20 heavy (non-hydrogen) atoms. The molecule has 2 unspecified atom stereocenters. The van der Waals surface area contributed by atoms with E-state index in [1.807, 2.05) is 25.1 Å². The molecule has 2 atom stereocenters.